The molecular weight excluding hydrogens is 352 g/mol. The second-order valence-corrected chi connectivity index (χ2v) is 5.52. The van der Waals surface area contributed by atoms with Gasteiger partial charge in [0.05, 0.1) is 18.8 Å². The summed E-state index contributed by atoms with van der Waals surface area (Å²) in [7, 11) is 1.27. The molecule has 10 heteroatoms. The van der Waals surface area contributed by atoms with Gasteiger partial charge in [-0.15, -0.1) is 0 Å². The first-order valence-corrected chi connectivity index (χ1v) is 7.88. The number of benzene rings is 1. The Morgan fingerprint density at radius 3 is 2.93 bits per heavy atom. The first kappa shape index (κ1) is 16.5. The Hall–Kier alpha value is -3.95. The topological polar surface area (TPSA) is 128 Å². The van der Waals surface area contributed by atoms with Gasteiger partial charge in [0.15, 0.2) is 17.9 Å². The van der Waals surface area contributed by atoms with Crippen LogP contribution < -0.4 is 10.1 Å². The van der Waals surface area contributed by atoms with Gasteiger partial charge in [-0.25, -0.2) is 4.79 Å². The average Bonchev–Trinajstić information content (AvgIpc) is 3.29. The molecule has 0 spiro atoms. The minimum Gasteiger partial charge on any atom is -0.464 e. The number of H-pyrrole nitrogens is 1. The van der Waals surface area contributed by atoms with Gasteiger partial charge in [-0.05, 0) is 25.1 Å². The van der Waals surface area contributed by atoms with Gasteiger partial charge in [-0.1, -0.05) is 0 Å². The number of nitrogens with one attached hydrogen (secondary N) is 2. The quantitative estimate of drug-likeness (QED) is 0.512. The maximum atomic E-state index is 11.9. The Kier molecular flexibility index (Phi) is 4.13. The summed E-state index contributed by atoms with van der Waals surface area (Å²) in [6.45, 7) is 1.75. The molecule has 0 fully saturated rings. The number of carbonyl (C=O) groups is 1. The average molecular weight is 366 g/mol. The van der Waals surface area contributed by atoms with Crippen LogP contribution in [-0.2, 0) is 4.74 Å². The standard InChI is InChI=1S/C17H14N6O4/c1-9-15(18-8-26-9)21-14-6-13(16(24)25-2)20-17(22-14)27-11-3-4-12-10(5-11)7-19-23-12/h3-8H,1-2H3,(H,19,23)(H,20,21,22). The van der Waals surface area contributed by atoms with Crippen LogP contribution in [0.25, 0.3) is 10.9 Å². The molecule has 2 N–H and O–H groups in total. The monoisotopic (exact) mass is 366 g/mol. The van der Waals surface area contributed by atoms with E-state index in [-0.39, 0.29) is 11.7 Å². The van der Waals surface area contributed by atoms with Crippen LogP contribution in [-0.4, -0.2) is 38.2 Å². The molecule has 0 aliphatic carbocycles. The van der Waals surface area contributed by atoms with Crippen LogP contribution in [0.4, 0.5) is 11.6 Å². The molecule has 0 aliphatic rings. The van der Waals surface area contributed by atoms with Crippen molar-refractivity contribution >= 4 is 28.5 Å². The summed E-state index contributed by atoms with van der Waals surface area (Å²) in [4.78, 5) is 24.4. The van der Waals surface area contributed by atoms with Gasteiger partial charge in [0.2, 0.25) is 0 Å². The number of aryl methyl sites for hydroxylation is 1. The molecule has 0 unspecified atom stereocenters. The molecule has 4 rings (SSSR count). The van der Waals surface area contributed by atoms with E-state index in [0.29, 0.717) is 23.1 Å². The van der Waals surface area contributed by atoms with E-state index in [1.54, 1.807) is 25.3 Å². The molecule has 27 heavy (non-hydrogen) atoms. The van der Waals surface area contributed by atoms with Crippen molar-refractivity contribution in [2.75, 3.05) is 12.4 Å². The second kappa shape index (κ2) is 6.75. The smallest absolute Gasteiger partial charge is 0.356 e. The van der Waals surface area contributed by atoms with Gasteiger partial charge in [0.1, 0.15) is 17.3 Å². The molecule has 0 atom stereocenters. The summed E-state index contributed by atoms with van der Waals surface area (Å²) in [6, 6.07) is 6.75. The summed E-state index contributed by atoms with van der Waals surface area (Å²) in [5.74, 6) is 1.22. The highest BCUT2D eigenvalue weighted by Crippen LogP contribution is 2.25. The summed E-state index contributed by atoms with van der Waals surface area (Å²) >= 11 is 0. The summed E-state index contributed by atoms with van der Waals surface area (Å²) in [6.07, 6.45) is 2.98. The van der Waals surface area contributed by atoms with Crippen LogP contribution in [0, 0.1) is 6.92 Å². The first-order chi connectivity index (χ1) is 13.1. The van der Waals surface area contributed by atoms with Gasteiger partial charge in [0, 0.05) is 11.5 Å². The number of hydrogen-bond acceptors (Lipinski definition) is 9. The lowest BCUT2D eigenvalue weighted by Gasteiger charge is -2.09. The van der Waals surface area contributed by atoms with Crippen LogP contribution in [0.1, 0.15) is 16.2 Å². The lowest BCUT2D eigenvalue weighted by Crippen LogP contribution is -2.08. The van der Waals surface area contributed by atoms with Crippen molar-refractivity contribution in [3.05, 3.63) is 48.3 Å². The zero-order valence-electron chi connectivity index (χ0n) is 14.4. The van der Waals surface area contributed by atoms with E-state index in [4.69, 9.17) is 13.9 Å². The molecule has 3 heterocycles. The summed E-state index contributed by atoms with van der Waals surface area (Å²) < 4.78 is 15.6. The maximum Gasteiger partial charge on any atom is 0.356 e. The lowest BCUT2D eigenvalue weighted by atomic mass is 10.2. The first-order valence-electron chi connectivity index (χ1n) is 7.88. The number of fused-ring (bicyclic) bond motifs is 1. The van der Waals surface area contributed by atoms with E-state index < -0.39 is 5.97 Å². The van der Waals surface area contributed by atoms with Gasteiger partial charge >= 0.3 is 12.0 Å². The van der Waals surface area contributed by atoms with Crippen molar-refractivity contribution in [3.63, 3.8) is 0 Å². The Balaban J connectivity index is 1.68. The number of ether oxygens (including phenoxy) is 2. The van der Waals surface area contributed by atoms with Crippen LogP contribution in [0.5, 0.6) is 11.8 Å². The Morgan fingerprint density at radius 2 is 2.15 bits per heavy atom. The number of carbonyl (C=O) groups excluding carboxylic acids is 1. The Bertz CT molecular complexity index is 1120. The van der Waals surface area contributed by atoms with Crippen LogP contribution >= 0.6 is 0 Å². The third kappa shape index (κ3) is 3.40. The Labute approximate surface area is 152 Å². The predicted octanol–water partition coefficient (Wildman–Crippen LogP) is 2.97. The minimum atomic E-state index is -0.618. The van der Waals surface area contributed by atoms with Crippen molar-refractivity contribution in [2.24, 2.45) is 0 Å². The third-order valence-electron chi connectivity index (χ3n) is 3.71. The van der Waals surface area contributed by atoms with Gasteiger partial charge < -0.3 is 19.2 Å². The molecule has 0 bridgehead atoms. The van der Waals surface area contributed by atoms with Crippen molar-refractivity contribution in [3.8, 4) is 11.8 Å². The molecule has 0 amide bonds. The fraction of sp³-hybridized carbons (Fsp3) is 0.118. The third-order valence-corrected chi connectivity index (χ3v) is 3.71. The summed E-state index contributed by atoms with van der Waals surface area (Å²) in [5.41, 5.74) is 0.908. The van der Waals surface area contributed by atoms with Crippen LogP contribution in [0.3, 0.4) is 0 Å². The molecule has 0 saturated heterocycles. The number of esters is 1. The van der Waals surface area contributed by atoms with Crippen molar-refractivity contribution in [2.45, 2.75) is 6.92 Å². The van der Waals surface area contributed by atoms with Crippen LogP contribution in [0.2, 0.25) is 0 Å². The molecule has 0 radical (unpaired) electrons. The normalized spacial score (nSPS) is 10.7. The van der Waals surface area contributed by atoms with Gasteiger partial charge in [-0.3, -0.25) is 5.10 Å². The van der Waals surface area contributed by atoms with Gasteiger partial charge in [0.25, 0.3) is 0 Å². The molecule has 3 aromatic heterocycles. The molecule has 136 valence electrons. The number of aromatic amines is 1. The van der Waals surface area contributed by atoms with E-state index in [9.17, 15) is 4.79 Å². The van der Waals surface area contributed by atoms with Crippen molar-refractivity contribution in [1.82, 2.24) is 25.1 Å². The van der Waals surface area contributed by atoms with E-state index in [1.165, 1.54) is 19.6 Å². The number of anilines is 2. The minimum absolute atomic E-state index is 0.0237. The van der Waals surface area contributed by atoms with Crippen molar-refractivity contribution in [1.29, 1.82) is 0 Å². The highest BCUT2D eigenvalue weighted by Gasteiger charge is 2.15. The highest BCUT2D eigenvalue weighted by molar-refractivity contribution is 5.88. The van der Waals surface area contributed by atoms with Crippen LogP contribution in [0.15, 0.2) is 41.3 Å². The zero-order chi connectivity index (χ0) is 18.8. The molecule has 4 aromatic rings. The number of rotatable bonds is 5. The summed E-state index contributed by atoms with van der Waals surface area (Å²) in [5, 5.41) is 10.7. The predicted molar refractivity (Wildman–Crippen MR) is 94.1 cm³/mol. The SMILES string of the molecule is COC(=O)c1cc(Nc2ncoc2C)nc(Oc2ccc3[nH]ncc3c2)n1. The highest BCUT2D eigenvalue weighted by atomic mass is 16.5. The van der Waals surface area contributed by atoms with E-state index >= 15 is 0 Å². The lowest BCUT2D eigenvalue weighted by molar-refractivity contribution is 0.0593. The van der Waals surface area contributed by atoms with E-state index in [2.05, 4.69) is 30.5 Å². The fourth-order valence-corrected chi connectivity index (χ4v) is 2.38. The number of nitrogens with zero attached hydrogens (tertiary/aromatic N) is 4. The molecule has 10 nitrogen and oxygen atoms in total. The molecule has 0 saturated carbocycles. The van der Waals surface area contributed by atoms with Gasteiger partial charge in [-0.2, -0.15) is 20.1 Å². The number of oxazole rings is 1. The van der Waals surface area contributed by atoms with E-state index in [1.807, 2.05) is 6.07 Å². The zero-order valence-corrected chi connectivity index (χ0v) is 14.4. The molecule has 0 aliphatic heterocycles. The number of methoxy groups -OCH3 is 1. The number of hydrogen-bond donors (Lipinski definition) is 2. The van der Waals surface area contributed by atoms with Crippen molar-refractivity contribution < 1.29 is 18.7 Å². The number of aromatic nitrogens is 5. The van der Waals surface area contributed by atoms with E-state index in [0.717, 1.165) is 10.9 Å². The maximum absolute atomic E-state index is 11.9. The second-order valence-electron chi connectivity index (χ2n) is 5.52. The fourth-order valence-electron chi connectivity index (χ4n) is 2.38. The molecular formula is C17H14N6O4. The Morgan fingerprint density at radius 1 is 1.26 bits per heavy atom. The largest absolute Gasteiger partial charge is 0.464 e. The molecule has 1 aromatic carbocycles.